The lowest BCUT2D eigenvalue weighted by Crippen LogP contribution is -2.60. The van der Waals surface area contributed by atoms with Crippen molar-refractivity contribution >= 4 is 47.3 Å². The zero-order valence-corrected chi connectivity index (χ0v) is 37.7. The molecule has 1 fully saturated rings. The van der Waals surface area contributed by atoms with Crippen LogP contribution in [0.2, 0.25) is 0 Å². The molecule has 2 aromatic rings. The van der Waals surface area contributed by atoms with Gasteiger partial charge in [0.1, 0.15) is 24.7 Å². The van der Waals surface area contributed by atoms with Crippen LogP contribution in [0.5, 0.6) is 0 Å². The number of hydrogen-bond donors (Lipinski definition) is 8. The quantitative estimate of drug-likeness (QED) is 0.0575. The van der Waals surface area contributed by atoms with E-state index in [4.69, 9.17) is 14.6 Å². The topological polar surface area (TPSA) is 287 Å². The van der Waals surface area contributed by atoms with Crippen molar-refractivity contribution in [1.82, 2.24) is 26.2 Å². The van der Waals surface area contributed by atoms with Gasteiger partial charge in [-0.1, -0.05) is 88.4 Å². The third kappa shape index (κ3) is 18.7. The molecular weight excluding hydrogens is 847 g/mol. The Bertz CT molecular complexity index is 1920. The highest BCUT2D eigenvalue weighted by atomic mass is 16.5. The normalized spacial score (nSPS) is 16.7. The second kappa shape index (κ2) is 25.7. The van der Waals surface area contributed by atoms with E-state index in [-0.39, 0.29) is 50.0 Å². The maximum absolute atomic E-state index is 14.3. The number of carboxylic acid groups (broad SMARTS) is 2. The van der Waals surface area contributed by atoms with Crippen LogP contribution in [0.1, 0.15) is 77.8 Å². The van der Waals surface area contributed by atoms with Gasteiger partial charge in [0.05, 0.1) is 38.6 Å². The van der Waals surface area contributed by atoms with Crippen LogP contribution in [0.4, 0.5) is 0 Å². The number of benzene rings is 2. The number of Topliss-reactive ketones (excluding diaryl/α,β-unsaturated/α-hetero) is 1. The molecule has 2 unspecified atom stereocenters. The number of aliphatic carboxylic acids is 2. The Kier molecular flexibility index (Phi) is 21.1. The van der Waals surface area contributed by atoms with Gasteiger partial charge in [-0.2, -0.15) is 0 Å². The average molecular weight is 912 g/mol. The van der Waals surface area contributed by atoms with Crippen molar-refractivity contribution in [2.45, 2.75) is 115 Å². The number of morpholine rings is 1. The predicted octanol–water partition coefficient (Wildman–Crippen LogP) is 0.769. The predicted molar refractivity (Wildman–Crippen MR) is 235 cm³/mol. The monoisotopic (exact) mass is 911 g/mol. The summed E-state index contributed by atoms with van der Waals surface area (Å²) in [5, 5.41) is 50.9. The second-order valence-electron chi connectivity index (χ2n) is 17.5. The van der Waals surface area contributed by atoms with Gasteiger partial charge in [-0.05, 0) is 55.6 Å². The minimum atomic E-state index is -3.02. The third-order valence-electron chi connectivity index (χ3n) is 10.6. The number of esters is 1. The van der Waals surface area contributed by atoms with Gasteiger partial charge in [0.2, 0.25) is 23.6 Å². The largest absolute Gasteiger partial charge is 0.481 e. The highest BCUT2D eigenvalue weighted by Crippen LogP contribution is 2.20. The summed E-state index contributed by atoms with van der Waals surface area (Å²) < 4.78 is 10.3. The highest BCUT2D eigenvalue weighted by Gasteiger charge is 2.44. The highest BCUT2D eigenvalue weighted by molar-refractivity contribution is 5.98. The number of carbonyl (C=O) groups excluding carboxylic acids is 6. The number of ketones is 1. The van der Waals surface area contributed by atoms with Crippen molar-refractivity contribution < 1.29 is 68.3 Å². The number of aliphatic hydroxyl groups is 2. The van der Waals surface area contributed by atoms with Crippen LogP contribution in [0.25, 0.3) is 0 Å². The molecule has 65 heavy (non-hydrogen) atoms. The molecule has 0 spiro atoms. The number of carboxylic acids is 2. The second-order valence-corrected chi connectivity index (χ2v) is 17.5. The first kappa shape index (κ1) is 53.6. The summed E-state index contributed by atoms with van der Waals surface area (Å²) in [6.45, 7) is 9.29. The summed E-state index contributed by atoms with van der Waals surface area (Å²) in [6.07, 6.45) is -1.89. The minimum Gasteiger partial charge on any atom is -0.481 e. The lowest BCUT2D eigenvalue weighted by molar-refractivity contribution is -0.174. The molecule has 2 aromatic carbocycles. The van der Waals surface area contributed by atoms with Crippen LogP contribution < -0.4 is 21.3 Å². The van der Waals surface area contributed by atoms with Crippen molar-refractivity contribution in [3.63, 3.8) is 0 Å². The van der Waals surface area contributed by atoms with E-state index in [0.717, 1.165) is 12.5 Å². The van der Waals surface area contributed by atoms with Gasteiger partial charge in [-0.15, -0.1) is 0 Å². The van der Waals surface area contributed by atoms with Gasteiger partial charge < -0.3 is 51.2 Å². The molecule has 0 bridgehead atoms. The fourth-order valence-corrected chi connectivity index (χ4v) is 7.13. The number of carbonyl (C=O) groups is 8. The Balaban J connectivity index is 1.84. The summed E-state index contributed by atoms with van der Waals surface area (Å²) in [5.74, 6) is -8.98. The Labute approximate surface area is 379 Å². The Morgan fingerprint density at radius 1 is 0.692 bits per heavy atom. The molecule has 19 nitrogen and oxygen atoms in total. The first-order chi connectivity index (χ1) is 30.6. The van der Waals surface area contributed by atoms with Gasteiger partial charge in [0.25, 0.3) is 0 Å². The molecule has 358 valence electrons. The van der Waals surface area contributed by atoms with Gasteiger partial charge >= 0.3 is 17.9 Å². The van der Waals surface area contributed by atoms with Gasteiger partial charge in [-0.3, -0.25) is 38.5 Å². The number of amides is 4. The van der Waals surface area contributed by atoms with Crippen molar-refractivity contribution in [3.8, 4) is 0 Å². The molecule has 8 N–H and O–H groups in total. The van der Waals surface area contributed by atoms with E-state index in [1.807, 2.05) is 49.1 Å². The molecule has 0 saturated carbocycles. The summed E-state index contributed by atoms with van der Waals surface area (Å²) in [5.41, 5.74) is -3.92. The fourth-order valence-electron chi connectivity index (χ4n) is 7.13. The molecule has 0 aliphatic carbocycles. The number of nitrogens with one attached hydrogen (secondary N) is 4. The standard InChI is InChI=1S/C46H65N5O14/c1-29(2)22-34(40(56)45(5,62)28-65-39(55)26-46(63,44(60)61)25-38(53)54)48-43(59)36(24-32-14-10-7-11-15-32)50-42(58)35(23-30(3)4)49-41(57)33(17-16-31-12-8-6-9-13-31)47-37(52)27-51-18-20-64-21-19-51/h6-15,29-30,33-36,62-63H,16-28H2,1-5H3,(H,47,52)(H,48,59)(H,49,57)(H,50,58)(H,53,54)(H,60,61)/t33-,34-,35-,36-,45?,46?/m0/s1. The molecule has 1 aliphatic rings. The van der Waals surface area contributed by atoms with Gasteiger partial charge in [-0.25, -0.2) is 4.79 Å². The van der Waals surface area contributed by atoms with Crippen LogP contribution in [0.3, 0.4) is 0 Å². The SMILES string of the molecule is CC(C)C[C@H](NC(=O)[C@H](CCc1ccccc1)NC(=O)CN1CCOCC1)C(=O)N[C@@H](Cc1ccccc1)C(=O)N[C@@H](CC(C)C)C(=O)C(C)(O)COC(=O)CC(O)(CC(=O)O)C(=O)O. The number of aryl methyl sites for hydroxylation is 1. The molecule has 6 atom stereocenters. The van der Waals surface area contributed by atoms with E-state index < -0.39 is 96.2 Å². The Morgan fingerprint density at radius 3 is 1.75 bits per heavy atom. The van der Waals surface area contributed by atoms with E-state index in [1.165, 1.54) is 0 Å². The van der Waals surface area contributed by atoms with Gasteiger partial charge in [0, 0.05) is 19.5 Å². The van der Waals surface area contributed by atoms with Crippen molar-refractivity contribution in [2.75, 3.05) is 39.5 Å². The zero-order valence-electron chi connectivity index (χ0n) is 37.7. The maximum atomic E-state index is 14.3. The maximum Gasteiger partial charge on any atom is 0.336 e. The molecule has 0 radical (unpaired) electrons. The van der Waals surface area contributed by atoms with Crippen LogP contribution in [-0.2, 0) is 60.7 Å². The third-order valence-corrected chi connectivity index (χ3v) is 10.6. The van der Waals surface area contributed by atoms with Crippen molar-refractivity contribution in [2.24, 2.45) is 11.8 Å². The molecule has 1 aliphatic heterocycles. The van der Waals surface area contributed by atoms with Gasteiger partial charge in [0.15, 0.2) is 17.0 Å². The zero-order chi connectivity index (χ0) is 48.3. The smallest absolute Gasteiger partial charge is 0.336 e. The molecule has 19 heteroatoms. The van der Waals surface area contributed by atoms with Crippen LogP contribution in [0, 0.1) is 11.8 Å². The first-order valence-corrected chi connectivity index (χ1v) is 21.8. The lowest BCUT2D eigenvalue weighted by atomic mass is 9.90. The number of rotatable bonds is 27. The molecule has 0 aromatic heterocycles. The average Bonchev–Trinajstić information content (AvgIpc) is 3.23. The van der Waals surface area contributed by atoms with Crippen LogP contribution in [-0.4, -0.2) is 147 Å². The molecule has 1 saturated heterocycles. The van der Waals surface area contributed by atoms with Crippen molar-refractivity contribution in [1.29, 1.82) is 0 Å². The Morgan fingerprint density at radius 2 is 1.20 bits per heavy atom. The molecule has 3 rings (SSSR count). The first-order valence-electron chi connectivity index (χ1n) is 21.8. The van der Waals surface area contributed by atoms with E-state index in [0.29, 0.717) is 38.3 Å². The van der Waals surface area contributed by atoms with Crippen molar-refractivity contribution in [3.05, 3.63) is 71.8 Å². The summed E-state index contributed by atoms with van der Waals surface area (Å²) in [7, 11) is 0. The number of hydrogen-bond acceptors (Lipinski definition) is 13. The number of nitrogens with zero attached hydrogens (tertiary/aromatic N) is 1. The van der Waals surface area contributed by atoms with E-state index in [2.05, 4.69) is 21.3 Å². The summed E-state index contributed by atoms with van der Waals surface area (Å²) >= 11 is 0. The van der Waals surface area contributed by atoms with E-state index in [9.17, 15) is 53.7 Å². The van der Waals surface area contributed by atoms with E-state index >= 15 is 0 Å². The fraction of sp³-hybridized carbons (Fsp3) is 0.565. The van der Waals surface area contributed by atoms with Crippen LogP contribution in [0.15, 0.2) is 60.7 Å². The van der Waals surface area contributed by atoms with Crippen LogP contribution >= 0.6 is 0 Å². The Hall–Kier alpha value is -5.76. The molecular formula is C46H65N5O14. The number of ether oxygens (including phenoxy) is 2. The van der Waals surface area contributed by atoms with E-state index in [1.54, 1.807) is 44.2 Å². The lowest BCUT2D eigenvalue weighted by Gasteiger charge is -2.31. The summed E-state index contributed by atoms with van der Waals surface area (Å²) in [4.78, 5) is 107. The summed E-state index contributed by atoms with van der Waals surface area (Å²) in [6, 6.07) is 13.2. The molecule has 1 heterocycles. The molecule has 4 amide bonds. The minimum absolute atomic E-state index is 0.0221.